The number of aromatic nitrogens is 4. The summed E-state index contributed by atoms with van der Waals surface area (Å²) in [4.78, 5) is 40.2. The molecule has 24 heteroatoms. The number of nitrogen functional groups attached to an aromatic ring is 3. The maximum absolute atomic E-state index is 13.4. The Morgan fingerprint density at radius 1 is 0.547 bits per heavy atom. The first-order chi connectivity index (χ1) is 35.1. The first-order valence-electron chi connectivity index (χ1n) is 23.4. The predicted octanol–water partition coefficient (Wildman–Crippen LogP) is 10.0. The number of carbonyl (C=O) groups is 2. The molecule has 2 aromatic heterocycles. The van der Waals surface area contributed by atoms with Crippen LogP contribution in [0.3, 0.4) is 0 Å². The molecule has 20 nitrogen and oxygen atoms in total. The lowest BCUT2D eigenvalue weighted by atomic mass is 10.1. The number of benzene rings is 4. The van der Waals surface area contributed by atoms with Gasteiger partial charge < -0.3 is 40.4 Å². The van der Waals surface area contributed by atoms with Crippen molar-refractivity contribution < 1.29 is 58.8 Å². The molecule has 7 N–H and O–H groups in total. The van der Waals surface area contributed by atoms with Crippen LogP contribution in [0.5, 0.6) is 0 Å². The van der Waals surface area contributed by atoms with Crippen LogP contribution in [0.15, 0.2) is 119 Å². The van der Waals surface area contributed by atoms with Gasteiger partial charge >= 0.3 is 21.2 Å². The topological polar surface area (TPSA) is 323 Å². The Labute approximate surface area is 438 Å². The highest BCUT2D eigenvalue weighted by atomic mass is 32.2. The highest BCUT2D eigenvalue weighted by Crippen LogP contribution is 2.64. The summed E-state index contributed by atoms with van der Waals surface area (Å²) in [6.45, 7) is 16.1. The number of ketones is 1. The van der Waals surface area contributed by atoms with E-state index in [1.54, 1.807) is 27.7 Å². The third kappa shape index (κ3) is 14.2. The van der Waals surface area contributed by atoms with Gasteiger partial charge in [-0.1, -0.05) is 71.8 Å². The first kappa shape index (κ1) is 61.3. The Bertz CT molecular complexity index is 3250. The maximum atomic E-state index is 13.4. The van der Waals surface area contributed by atoms with Crippen molar-refractivity contribution in [1.82, 2.24) is 19.9 Å². The number of sulfone groups is 2. The van der Waals surface area contributed by atoms with Crippen LogP contribution >= 0.6 is 15.2 Å². The van der Waals surface area contributed by atoms with Crippen molar-refractivity contribution in [3.05, 3.63) is 138 Å². The standard InChI is InChI=1S/C26H32N3O6PS.C13H22NO5PS.C12H11N3O2/c1-6-34-36(31,35-7-2)26(4,5)37(32,33)21-14-10-19(11-15-21)16-23(30)24-25(27)28-17-22(29-24)20-12-8-18(3)9-13-20;1-5-18-20(15,19-6-2)13(3,4)21(16,17)12-9-7-11(14)8-10-12;1-7-2-4-8(5-3-7)9-6-14-11(13)10(15-9)12(16)17/h8-15,17H,6-7,16H2,1-5H3,(H2,27,28);7-10H,5-6,14H2,1-4H3;2-6H,1H3,(H2,13,14)(H,16,17). The van der Waals surface area contributed by atoms with E-state index < -0.39 is 49.8 Å². The minimum Gasteiger partial charge on any atom is -0.476 e. The molecule has 0 aliphatic carbocycles. The molecule has 6 aromatic rings. The summed E-state index contributed by atoms with van der Waals surface area (Å²) in [6, 6.07) is 26.8. The fraction of sp³-hybridized carbons (Fsp3) is 0.333. The van der Waals surface area contributed by atoms with Crippen molar-refractivity contribution in [2.75, 3.05) is 43.6 Å². The van der Waals surface area contributed by atoms with Crippen molar-refractivity contribution in [2.24, 2.45) is 0 Å². The minimum absolute atomic E-state index is 0.0180. The van der Waals surface area contributed by atoms with E-state index in [1.165, 1.54) is 88.6 Å². The van der Waals surface area contributed by atoms with Crippen LogP contribution in [0.2, 0.25) is 0 Å². The molecule has 0 bridgehead atoms. The first-order valence-corrected chi connectivity index (χ1v) is 29.5. The van der Waals surface area contributed by atoms with Crippen LogP contribution in [0, 0.1) is 13.8 Å². The molecule has 0 spiro atoms. The van der Waals surface area contributed by atoms with Gasteiger partial charge in [0.1, 0.15) is 5.69 Å². The average molecular weight is 1110 g/mol. The van der Waals surface area contributed by atoms with Crippen molar-refractivity contribution >= 4 is 63.9 Å². The van der Waals surface area contributed by atoms with Gasteiger partial charge in [-0.05, 0) is 111 Å². The van der Waals surface area contributed by atoms with E-state index in [0.29, 0.717) is 22.6 Å². The van der Waals surface area contributed by atoms with Gasteiger partial charge in [0.15, 0.2) is 51.8 Å². The quantitative estimate of drug-likeness (QED) is 0.0314. The lowest BCUT2D eigenvalue weighted by Gasteiger charge is -2.32. The van der Waals surface area contributed by atoms with Gasteiger partial charge in [0.25, 0.3) is 0 Å². The molecule has 0 aliphatic heterocycles. The van der Waals surface area contributed by atoms with Gasteiger partial charge in [-0.2, -0.15) is 0 Å². The van der Waals surface area contributed by atoms with Crippen molar-refractivity contribution in [2.45, 2.75) is 94.4 Å². The van der Waals surface area contributed by atoms with Gasteiger partial charge in [-0.25, -0.2) is 41.6 Å². The number of aromatic carboxylic acids is 1. The van der Waals surface area contributed by atoms with Crippen molar-refractivity contribution in [3.63, 3.8) is 0 Å². The number of hydrogen-bond acceptors (Lipinski definition) is 19. The molecule has 2 heterocycles. The van der Waals surface area contributed by atoms with Crippen LogP contribution in [-0.2, 0) is 53.3 Å². The van der Waals surface area contributed by atoms with Crippen LogP contribution in [0.1, 0.15) is 93.1 Å². The number of anilines is 3. The summed E-state index contributed by atoms with van der Waals surface area (Å²) in [7, 11) is -15.9. The van der Waals surface area contributed by atoms with Gasteiger partial charge in [0, 0.05) is 23.2 Å². The average Bonchev–Trinajstić information content (AvgIpc) is 3.35. The minimum atomic E-state index is -4.12. The van der Waals surface area contributed by atoms with Crippen LogP contribution in [0.4, 0.5) is 17.3 Å². The number of Topliss-reactive ketones (excluding diaryl/α,β-unsaturated/α-hetero) is 1. The lowest BCUT2D eigenvalue weighted by Crippen LogP contribution is -2.33. The SMILES string of the molecule is CCOP(=O)(OCC)C(C)(C)S(=O)(=O)c1ccc(CC(=O)c2nc(-c3ccc(C)cc3)cnc2N)cc1.CCOP(=O)(OCC)C(C)(C)S(=O)(=O)c1ccc(N)cc1.Cc1ccc(-c2cnc(N)c(C(=O)O)n2)cc1. The second-order valence-corrected chi connectivity index (χ2v) is 28.3. The highest BCUT2D eigenvalue weighted by Gasteiger charge is 2.55. The summed E-state index contributed by atoms with van der Waals surface area (Å²) in [5.41, 5.74) is 22.6. The zero-order valence-electron chi connectivity index (χ0n) is 43.5. The van der Waals surface area contributed by atoms with E-state index >= 15 is 0 Å². The number of rotatable bonds is 20. The molecule has 0 fully saturated rings. The van der Waals surface area contributed by atoms with Gasteiger partial charge in [0.05, 0.1) is 60.0 Å². The zero-order valence-corrected chi connectivity index (χ0v) is 46.9. The van der Waals surface area contributed by atoms with E-state index in [1.807, 2.05) is 62.4 Å². The van der Waals surface area contributed by atoms with Crippen LogP contribution in [-0.4, -0.2) is 89.0 Å². The summed E-state index contributed by atoms with van der Waals surface area (Å²) >= 11 is 0. The normalized spacial score (nSPS) is 12.2. The Morgan fingerprint density at radius 3 is 1.23 bits per heavy atom. The van der Waals surface area contributed by atoms with E-state index in [9.17, 15) is 35.6 Å². The molecular weight excluding hydrogens is 1040 g/mol. The fourth-order valence-corrected chi connectivity index (χ4v) is 15.4. The number of nitrogens with two attached hydrogens (primary N) is 3. The predicted molar refractivity (Wildman–Crippen MR) is 290 cm³/mol. The number of aryl methyl sites for hydroxylation is 2. The smallest absolute Gasteiger partial charge is 0.358 e. The molecule has 0 saturated heterocycles. The number of carboxylic acids is 1. The van der Waals surface area contributed by atoms with Crippen molar-refractivity contribution in [1.29, 1.82) is 0 Å². The highest BCUT2D eigenvalue weighted by molar-refractivity contribution is 8.00. The number of nitrogens with zero attached hydrogens (tertiary/aromatic N) is 4. The molecule has 0 aliphatic rings. The van der Waals surface area contributed by atoms with Crippen LogP contribution in [0.25, 0.3) is 22.5 Å². The second-order valence-electron chi connectivity index (χ2n) is 17.4. The van der Waals surface area contributed by atoms with E-state index in [0.717, 1.165) is 22.3 Å². The van der Waals surface area contributed by atoms with Gasteiger partial charge in [0.2, 0.25) is 0 Å². The number of carbonyl (C=O) groups excluding carboxylic acids is 1. The molecule has 0 amide bonds. The molecular formula is C51H65N7O13P2S2. The third-order valence-electron chi connectivity index (χ3n) is 11.4. The van der Waals surface area contributed by atoms with Gasteiger partial charge in [-0.15, -0.1) is 0 Å². The lowest BCUT2D eigenvalue weighted by molar-refractivity contribution is 0.0691. The Balaban J connectivity index is 0.000000269. The summed E-state index contributed by atoms with van der Waals surface area (Å²) in [6.07, 6.45) is 2.92. The molecule has 0 atom stereocenters. The molecule has 0 unspecified atom stereocenters. The monoisotopic (exact) mass is 1110 g/mol. The summed E-state index contributed by atoms with van der Waals surface area (Å²) in [5, 5.41) is 8.90. The second kappa shape index (κ2) is 25.5. The summed E-state index contributed by atoms with van der Waals surface area (Å²) in [5.74, 6) is -1.59. The summed E-state index contributed by atoms with van der Waals surface area (Å²) < 4.78 is 96.1. The Kier molecular flexibility index (Phi) is 20.9. The Hall–Kier alpha value is -6.22. The zero-order chi connectivity index (χ0) is 56.2. The largest absolute Gasteiger partial charge is 0.476 e. The number of hydrogen-bond donors (Lipinski definition) is 4. The van der Waals surface area contributed by atoms with Gasteiger partial charge in [-0.3, -0.25) is 13.9 Å². The molecule has 404 valence electrons. The van der Waals surface area contributed by atoms with E-state index in [4.69, 9.17) is 40.4 Å². The molecule has 0 radical (unpaired) electrons. The molecule has 75 heavy (non-hydrogen) atoms. The Morgan fingerprint density at radius 2 is 0.880 bits per heavy atom. The number of carboxylic acid groups (broad SMARTS) is 1. The van der Waals surface area contributed by atoms with E-state index in [-0.39, 0.29) is 71.4 Å². The fourth-order valence-electron chi connectivity index (χ4n) is 6.84. The third-order valence-corrected chi connectivity index (χ3v) is 23.6. The molecule has 4 aromatic carbocycles. The van der Waals surface area contributed by atoms with E-state index in [2.05, 4.69) is 19.9 Å². The maximum Gasteiger partial charge on any atom is 0.358 e. The molecule has 0 saturated carbocycles. The van der Waals surface area contributed by atoms with Crippen LogP contribution < -0.4 is 17.2 Å². The molecule has 6 rings (SSSR count). The van der Waals surface area contributed by atoms with Crippen molar-refractivity contribution in [3.8, 4) is 22.5 Å².